The van der Waals surface area contributed by atoms with Gasteiger partial charge in [0.05, 0.1) is 27.5 Å². The smallest absolute Gasteiger partial charge is 0.338 e. The first-order valence-corrected chi connectivity index (χ1v) is 9.31. The molecule has 8 heteroatoms. The van der Waals surface area contributed by atoms with Gasteiger partial charge in [0.25, 0.3) is 0 Å². The Bertz CT molecular complexity index is 1040. The fourth-order valence-corrected chi connectivity index (χ4v) is 3.71. The summed E-state index contributed by atoms with van der Waals surface area (Å²) in [5.74, 6) is 0.0988. The van der Waals surface area contributed by atoms with Gasteiger partial charge < -0.3 is 19.6 Å². The van der Waals surface area contributed by atoms with E-state index in [2.05, 4.69) is 10.3 Å². The van der Waals surface area contributed by atoms with Crippen LogP contribution < -0.4 is 15.7 Å². The third kappa shape index (κ3) is 3.55. The molecule has 3 aromatic rings. The van der Waals surface area contributed by atoms with Gasteiger partial charge in [0.2, 0.25) is 5.75 Å². The summed E-state index contributed by atoms with van der Waals surface area (Å²) >= 11 is 12.3. The van der Waals surface area contributed by atoms with E-state index >= 15 is 0 Å². The normalized spacial score (nSPS) is 14.6. The maximum absolute atomic E-state index is 12.1. The summed E-state index contributed by atoms with van der Waals surface area (Å²) in [5.41, 5.74) is 0.450. The van der Waals surface area contributed by atoms with Crippen molar-refractivity contribution in [1.29, 1.82) is 0 Å². The molecular formula is C19H16Cl2N2O4. The van der Waals surface area contributed by atoms with Crippen LogP contribution in [-0.2, 0) is 0 Å². The molecule has 27 heavy (non-hydrogen) atoms. The highest BCUT2D eigenvalue weighted by molar-refractivity contribution is 6.39. The Morgan fingerprint density at radius 2 is 1.89 bits per heavy atom. The van der Waals surface area contributed by atoms with E-state index in [4.69, 9.17) is 32.4 Å². The number of phenolic OH excluding ortho intramolecular Hbond substituents is 1. The lowest BCUT2D eigenvalue weighted by molar-refractivity contribution is 0.201. The molecule has 4 rings (SSSR count). The van der Waals surface area contributed by atoms with Gasteiger partial charge in [0.1, 0.15) is 0 Å². The molecule has 2 heterocycles. The monoisotopic (exact) mass is 406 g/mol. The van der Waals surface area contributed by atoms with Crippen LogP contribution in [0.3, 0.4) is 0 Å². The molecule has 1 saturated carbocycles. The zero-order chi connectivity index (χ0) is 19.0. The Balaban J connectivity index is 1.83. The standard InChI is InChI=1S/C19H16Cl2N2O4/c20-12-8-22-9-13(21)17(12)23-14-7-16(25)27-18-11(14)5-6-15(24)19(18)26-10-3-1-2-4-10/h5-10,24H,1-4H2,(H,22,23). The second-order valence-corrected chi connectivity index (χ2v) is 7.21. The van der Waals surface area contributed by atoms with Crippen LogP contribution in [0.4, 0.5) is 11.4 Å². The third-order valence-electron chi connectivity index (χ3n) is 4.55. The first-order chi connectivity index (χ1) is 13.0. The number of hydrogen-bond donors (Lipinski definition) is 2. The number of anilines is 2. The highest BCUT2D eigenvalue weighted by Crippen LogP contribution is 2.41. The number of hydrogen-bond acceptors (Lipinski definition) is 6. The molecule has 0 atom stereocenters. The lowest BCUT2D eigenvalue weighted by Gasteiger charge is -2.17. The van der Waals surface area contributed by atoms with Crippen molar-refractivity contribution in [2.24, 2.45) is 0 Å². The van der Waals surface area contributed by atoms with Gasteiger partial charge in [-0.2, -0.15) is 0 Å². The highest BCUT2D eigenvalue weighted by atomic mass is 35.5. The molecule has 1 aliphatic rings. The zero-order valence-corrected chi connectivity index (χ0v) is 15.7. The van der Waals surface area contributed by atoms with Gasteiger partial charge >= 0.3 is 5.63 Å². The van der Waals surface area contributed by atoms with Crippen LogP contribution in [0.15, 0.2) is 39.8 Å². The summed E-state index contributed by atoms with van der Waals surface area (Å²) in [6.45, 7) is 0. The van der Waals surface area contributed by atoms with Gasteiger partial charge in [-0.3, -0.25) is 4.98 Å². The number of benzene rings is 1. The van der Waals surface area contributed by atoms with Gasteiger partial charge in [0, 0.05) is 23.8 Å². The molecule has 2 N–H and O–H groups in total. The van der Waals surface area contributed by atoms with Crippen LogP contribution in [0.25, 0.3) is 11.0 Å². The molecule has 1 aliphatic carbocycles. The Morgan fingerprint density at radius 3 is 2.59 bits per heavy atom. The quantitative estimate of drug-likeness (QED) is 0.574. The number of fused-ring (bicyclic) bond motifs is 1. The van der Waals surface area contributed by atoms with Crippen molar-refractivity contribution in [1.82, 2.24) is 4.98 Å². The van der Waals surface area contributed by atoms with Crippen molar-refractivity contribution in [2.45, 2.75) is 31.8 Å². The second-order valence-electron chi connectivity index (χ2n) is 6.40. The van der Waals surface area contributed by atoms with Crippen molar-refractivity contribution in [3.05, 3.63) is 51.1 Å². The lowest BCUT2D eigenvalue weighted by atomic mass is 10.1. The van der Waals surface area contributed by atoms with Gasteiger partial charge in [-0.1, -0.05) is 23.2 Å². The van der Waals surface area contributed by atoms with Crippen molar-refractivity contribution < 1.29 is 14.3 Å². The number of halogens is 2. The Labute approximate surface area is 164 Å². The molecule has 1 aromatic carbocycles. The van der Waals surface area contributed by atoms with E-state index in [1.807, 2.05) is 0 Å². The van der Waals surface area contributed by atoms with E-state index in [0.29, 0.717) is 26.8 Å². The molecule has 0 amide bonds. The maximum atomic E-state index is 12.1. The number of rotatable bonds is 4. The van der Waals surface area contributed by atoms with Gasteiger partial charge in [-0.05, 0) is 37.8 Å². The molecule has 0 unspecified atom stereocenters. The SMILES string of the molecule is O=c1cc(Nc2c(Cl)cncc2Cl)c2ccc(O)c(OC3CCCC3)c2o1. The Kier molecular flexibility index (Phi) is 4.85. The first-order valence-electron chi connectivity index (χ1n) is 8.55. The molecule has 0 saturated heterocycles. The summed E-state index contributed by atoms with van der Waals surface area (Å²) in [6, 6.07) is 4.44. The van der Waals surface area contributed by atoms with Crippen LogP contribution in [0.2, 0.25) is 10.0 Å². The van der Waals surface area contributed by atoms with Crippen molar-refractivity contribution in [3.63, 3.8) is 0 Å². The summed E-state index contributed by atoms with van der Waals surface area (Å²) in [4.78, 5) is 16.1. The van der Waals surface area contributed by atoms with Crippen LogP contribution in [0.5, 0.6) is 11.5 Å². The predicted molar refractivity (Wildman–Crippen MR) is 105 cm³/mol. The van der Waals surface area contributed by atoms with E-state index in [0.717, 1.165) is 25.7 Å². The topological polar surface area (TPSA) is 84.6 Å². The summed E-state index contributed by atoms with van der Waals surface area (Å²) < 4.78 is 11.3. The first kappa shape index (κ1) is 17.9. The number of phenols is 1. The molecule has 0 spiro atoms. The van der Waals surface area contributed by atoms with Crippen LogP contribution >= 0.6 is 23.2 Å². The van der Waals surface area contributed by atoms with Crippen LogP contribution in [0.1, 0.15) is 25.7 Å². The summed E-state index contributed by atoms with van der Waals surface area (Å²) in [7, 11) is 0. The third-order valence-corrected chi connectivity index (χ3v) is 5.12. The lowest BCUT2D eigenvalue weighted by Crippen LogP contribution is -2.12. The minimum absolute atomic E-state index is 0.00694. The minimum Gasteiger partial charge on any atom is -0.504 e. The van der Waals surface area contributed by atoms with Crippen molar-refractivity contribution in [3.8, 4) is 11.5 Å². The van der Waals surface area contributed by atoms with Crippen LogP contribution in [0, 0.1) is 0 Å². The van der Waals surface area contributed by atoms with E-state index in [9.17, 15) is 9.90 Å². The number of ether oxygens (including phenoxy) is 1. The number of aromatic hydroxyl groups is 1. The molecule has 140 valence electrons. The van der Waals surface area contributed by atoms with Crippen LogP contribution in [-0.4, -0.2) is 16.2 Å². The molecule has 1 fully saturated rings. The average Bonchev–Trinajstić information content (AvgIpc) is 3.14. The molecule has 6 nitrogen and oxygen atoms in total. The highest BCUT2D eigenvalue weighted by Gasteiger charge is 2.22. The number of pyridine rings is 1. The second kappa shape index (κ2) is 7.29. The number of nitrogens with one attached hydrogen (secondary N) is 1. The van der Waals surface area contributed by atoms with Gasteiger partial charge in [-0.15, -0.1) is 0 Å². The van der Waals surface area contributed by atoms with Crippen molar-refractivity contribution >= 4 is 45.5 Å². The van der Waals surface area contributed by atoms with Gasteiger partial charge in [-0.25, -0.2) is 4.79 Å². The van der Waals surface area contributed by atoms with E-state index < -0.39 is 5.63 Å². The van der Waals surface area contributed by atoms with Crippen molar-refractivity contribution in [2.75, 3.05) is 5.32 Å². The molecule has 0 aliphatic heterocycles. The molecule has 2 aromatic heterocycles. The molecule has 0 bridgehead atoms. The minimum atomic E-state index is -0.590. The fraction of sp³-hybridized carbons (Fsp3) is 0.263. The molecular weight excluding hydrogens is 391 g/mol. The maximum Gasteiger partial charge on any atom is 0.338 e. The van der Waals surface area contributed by atoms with E-state index in [-0.39, 0.29) is 23.2 Å². The molecule has 0 radical (unpaired) electrons. The van der Waals surface area contributed by atoms with E-state index in [1.165, 1.54) is 24.5 Å². The largest absolute Gasteiger partial charge is 0.504 e. The summed E-state index contributed by atoms with van der Waals surface area (Å²) in [6.07, 6.45) is 6.85. The average molecular weight is 407 g/mol. The summed E-state index contributed by atoms with van der Waals surface area (Å²) in [5, 5.41) is 14.5. The predicted octanol–water partition coefficient (Wildman–Crippen LogP) is 5.27. The Morgan fingerprint density at radius 1 is 1.19 bits per heavy atom. The van der Waals surface area contributed by atoms with E-state index in [1.54, 1.807) is 6.07 Å². The number of aromatic nitrogens is 1. The zero-order valence-electron chi connectivity index (χ0n) is 14.2. The Hall–Kier alpha value is -2.44. The van der Waals surface area contributed by atoms with Gasteiger partial charge in [0.15, 0.2) is 11.3 Å². The number of nitrogens with zero attached hydrogens (tertiary/aromatic N) is 1. The fourth-order valence-electron chi connectivity index (χ4n) is 3.25.